The van der Waals surface area contributed by atoms with Gasteiger partial charge in [-0.3, -0.25) is 9.52 Å². The second-order valence-electron chi connectivity index (χ2n) is 13.2. The van der Waals surface area contributed by atoms with Gasteiger partial charge in [-0.2, -0.15) is 8.42 Å². The minimum Gasteiger partial charge on any atom is -0.490 e. The smallest absolute Gasteiger partial charge is 0.280 e. The Labute approximate surface area is 269 Å². The molecule has 12 heteroatoms. The minimum atomic E-state index is -3.98. The van der Waals surface area contributed by atoms with E-state index in [1.54, 1.807) is 28.6 Å². The summed E-state index contributed by atoms with van der Waals surface area (Å²) in [7, 11) is -0.121. The van der Waals surface area contributed by atoms with E-state index in [0.29, 0.717) is 24.8 Å². The van der Waals surface area contributed by atoms with E-state index in [2.05, 4.69) is 28.6 Å². The highest BCUT2D eigenvalue weighted by Crippen LogP contribution is 2.30. The lowest BCUT2D eigenvalue weighted by Crippen LogP contribution is -2.47. The van der Waals surface area contributed by atoms with Gasteiger partial charge in [0.05, 0.1) is 36.7 Å². The molecular formula is C33H53N5O6S. The number of carbonyl (C=O) groups is 1. The van der Waals surface area contributed by atoms with Crippen molar-refractivity contribution in [1.82, 2.24) is 19.4 Å². The van der Waals surface area contributed by atoms with E-state index >= 15 is 0 Å². The van der Waals surface area contributed by atoms with Crippen molar-refractivity contribution in [3.05, 3.63) is 36.3 Å². The van der Waals surface area contributed by atoms with E-state index in [1.165, 1.54) is 50.7 Å². The van der Waals surface area contributed by atoms with Gasteiger partial charge >= 0.3 is 0 Å². The van der Waals surface area contributed by atoms with Crippen LogP contribution in [-0.2, 0) is 21.8 Å². The minimum absolute atomic E-state index is 0.0196. The first-order valence-electron chi connectivity index (χ1n) is 16.5. The predicted octanol–water partition coefficient (Wildman–Crippen LogP) is 4.53. The number of imidazole rings is 1. The zero-order valence-electron chi connectivity index (χ0n) is 27.7. The predicted molar refractivity (Wildman–Crippen MR) is 175 cm³/mol. The number of nitrogens with one attached hydrogen (secondary N) is 1. The highest BCUT2D eigenvalue weighted by molar-refractivity contribution is 7.92. The second kappa shape index (κ2) is 16.2. The summed E-state index contributed by atoms with van der Waals surface area (Å²) in [5.74, 6) is 0.741. The number of aliphatic hydroxyl groups is 1. The number of nitrogens with zero attached hydrogens (tertiary/aromatic N) is 4. The molecule has 0 bridgehead atoms. The molecule has 1 aliphatic carbocycles. The van der Waals surface area contributed by atoms with E-state index in [1.807, 2.05) is 13.8 Å². The van der Waals surface area contributed by atoms with Gasteiger partial charge in [-0.1, -0.05) is 26.2 Å². The number of hydrogen-bond donors (Lipinski definition) is 2. The molecule has 0 unspecified atom stereocenters. The largest absolute Gasteiger partial charge is 0.490 e. The molecular weight excluding hydrogens is 594 g/mol. The Morgan fingerprint density at radius 2 is 1.84 bits per heavy atom. The molecule has 2 aliphatic rings. The van der Waals surface area contributed by atoms with Crippen LogP contribution in [0.25, 0.3) is 0 Å². The topological polar surface area (TPSA) is 126 Å². The maximum atomic E-state index is 14.3. The van der Waals surface area contributed by atoms with Gasteiger partial charge in [0.15, 0.2) is 5.03 Å². The maximum Gasteiger partial charge on any atom is 0.280 e. The molecule has 4 rings (SSSR count). The van der Waals surface area contributed by atoms with Crippen molar-refractivity contribution < 1.29 is 27.8 Å². The van der Waals surface area contributed by atoms with Gasteiger partial charge in [0.25, 0.3) is 15.9 Å². The molecule has 1 aromatic carbocycles. The molecule has 0 saturated heterocycles. The summed E-state index contributed by atoms with van der Waals surface area (Å²) < 4.78 is 43.0. The quantitative estimate of drug-likeness (QED) is 0.407. The monoisotopic (exact) mass is 647 g/mol. The van der Waals surface area contributed by atoms with E-state index in [-0.39, 0.29) is 46.9 Å². The van der Waals surface area contributed by atoms with E-state index in [4.69, 9.17) is 9.47 Å². The van der Waals surface area contributed by atoms with Crippen molar-refractivity contribution in [2.75, 3.05) is 44.6 Å². The summed E-state index contributed by atoms with van der Waals surface area (Å²) in [6, 6.07) is 4.28. The number of amides is 1. The third kappa shape index (κ3) is 9.91. The van der Waals surface area contributed by atoms with Gasteiger partial charge < -0.3 is 28.9 Å². The summed E-state index contributed by atoms with van der Waals surface area (Å²) in [6.45, 7) is 8.48. The first-order valence-corrected chi connectivity index (χ1v) is 18.0. The lowest BCUT2D eigenvalue weighted by molar-refractivity contribution is -0.0190. The normalized spacial score (nSPS) is 23.7. The van der Waals surface area contributed by atoms with Crippen molar-refractivity contribution in [1.29, 1.82) is 0 Å². The number of sulfonamides is 1. The average molecular weight is 648 g/mol. The Hall–Kier alpha value is -2.67. The number of aryl methyl sites for hydroxylation is 1. The van der Waals surface area contributed by atoms with Crippen LogP contribution in [0.5, 0.6) is 5.75 Å². The zero-order chi connectivity index (χ0) is 32.6. The Morgan fingerprint density at radius 1 is 1.11 bits per heavy atom. The molecule has 1 amide bonds. The van der Waals surface area contributed by atoms with Crippen molar-refractivity contribution >= 4 is 21.6 Å². The number of aromatic nitrogens is 2. The number of benzene rings is 1. The van der Waals surface area contributed by atoms with E-state index < -0.39 is 16.1 Å². The third-order valence-electron chi connectivity index (χ3n) is 9.05. The standard InChI is InChI=1S/C33H53N5O6S/c1-24-18-38(25(2)22-39)33(40)29-17-28(35-45(41,42)32-21-37(5)23-34-32)14-15-30(29)44-26(3)11-9-10-16-43-31(24)20-36(4)19-27-12-7-6-8-13-27/h14-15,17,21,23-27,31,35,39H,6-13,16,18-20,22H2,1-5H3/t24-,25-,26+,31-/m1/s1. The van der Waals surface area contributed by atoms with Crippen LogP contribution in [0.3, 0.4) is 0 Å². The molecule has 4 atom stereocenters. The van der Waals surface area contributed by atoms with Crippen LogP contribution in [0.15, 0.2) is 35.7 Å². The van der Waals surface area contributed by atoms with Crippen LogP contribution < -0.4 is 9.46 Å². The van der Waals surface area contributed by atoms with Crippen molar-refractivity contribution in [2.45, 2.75) is 95.4 Å². The Balaban J connectivity index is 1.61. The molecule has 1 fully saturated rings. The van der Waals surface area contributed by atoms with Crippen LogP contribution >= 0.6 is 0 Å². The van der Waals surface area contributed by atoms with Gasteiger partial charge in [-0.15, -0.1) is 0 Å². The lowest BCUT2D eigenvalue weighted by Gasteiger charge is -2.36. The van der Waals surface area contributed by atoms with Crippen LogP contribution in [0, 0.1) is 11.8 Å². The van der Waals surface area contributed by atoms with Crippen molar-refractivity contribution in [2.24, 2.45) is 18.9 Å². The molecule has 1 aliphatic heterocycles. The molecule has 1 aromatic heterocycles. The molecule has 2 aromatic rings. The highest BCUT2D eigenvalue weighted by atomic mass is 32.2. The fraction of sp³-hybridized carbons (Fsp3) is 0.697. The van der Waals surface area contributed by atoms with E-state index in [9.17, 15) is 18.3 Å². The number of ether oxygens (including phenoxy) is 2. The molecule has 2 heterocycles. The number of rotatable bonds is 9. The number of carbonyl (C=O) groups excluding carboxylic acids is 1. The molecule has 2 N–H and O–H groups in total. The third-order valence-corrected chi connectivity index (χ3v) is 10.3. The molecule has 11 nitrogen and oxygen atoms in total. The van der Waals surface area contributed by atoms with Gasteiger partial charge in [0, 0.05) is 51.1 Å². The van der Waals surface area contributed by atoms with Gasteiger partial charge in [0.2, 0.25) is 0 Å². The maximum absolute atomic E-state index is 14.3. The van der Waals surface area contributed by atoms with Crippen LogP contribution in [0.2, 0.25) is 0 Å². The molecule has 1 saturated carbocycles. The number of likely N-dealkylation sites (N-methyl/N-ethyl adjacent to an activating group) is 1. The number of anilines is 1. The van der Waals surface area contributed by atoms with Crippen LogP contribution in [0.1, 0.15) is 82.5 Å². The Bertz CT molecular complexity index is 1340. The molecule has 45 heavy (non-hydrogen) atoms. The SMILES string of the molecule is C[C@@H]1CN([C@H](C)CO)C(=O)c2cc(NS(=O)(=O)c3cn(C)cn3)ccc2O[C@@H](C)CCCCO[C@@H]1CN(C)CC1CCCCC1. The average Bonchev–Trinajstić information content (AvgIpc) is 3.46. The first kappa shape index (κ1) is 35.2. The summed E-state index contributed by atoms with van der Waals surface area (Å²) in [5.41, 5.74) is 0.458. The summed E-state index contributed by atoms with van der Waals surface area (Å²) >= 11 is 0. The summed E-state index contributed by atoms with van der Waals surface area (Å²) in [6.07, 6.45) is 11.7. The highest BCUT2D eigenvalue weighted by Gasteiger charge is 2.31. The van der Waals surface area contributed by atoms with Crippen molar-refractivity contribution in [3.63, 3.8) is 0 Å². The molecule has 0 spiro atoms. The van der Waals surface area contributed by atoms with E-state index in [0.717, 1.165) is 32.4 Å². The second-order valence-corrected chi connectivity index (χ2v) is 14.8. The zero-order valence-corrected chi connectivity index (χ0v) is 28.5. The van der Waals surface area contributed by atoms with Gasteiger partial charge in [0.1, 0.15) is 5.75 Å². The number of hydrogen-bond acceptors (Lipinski definition) is 8. The van der Waals surface area contributed by atoms with Gasteiger partial charge in [-0.25, -0.2) is 4.98 Å². The summed E-state index contributed by atoms with van der Waals surface area (Å²) in [5, 5.41) is 10.1. The molecule has 252 valence electrons. The Kier molecular flexibility index (Phi) is 12.7. The van der Waals surface area contributed by atoms with Crippen molar-refractivity contribution in [3.8, 4) is 5.75 Å². The Morgan fingerprint density at radius 3 is 2.53 bits per heavy atom. The molecule has 0 radical (unpaired) electrons. The van der Waals surface area contributed by atoms with Gasteiger partial charge in [-0.05, 0) is 77.1 Å². The van der Waals surface area contributed by atoms with Crippen LogP contribution in [-0.4, -0.2) is 96.9 Å². The fourth-order valence-corrected chi connectivity index (χ4v) is 7.41. The fourth-order valence-electron chi connectivity index (χ4n) is 6.38. The number of aliphatic hydroxyl groups excluding tert-OH is 1. The van der Waals surface area contributed by atoms with Crippen LogP contribution in [0.4, 0.5) is 5.69 Å². The lowest BCUT2D eigenvalue weighted by atomic mass is 9.89. The first-order chi connectivity index (χ1) is 21.5. The summed E-state index contributed by atoms with van der Waals surface area (Å²) in [4.78, 5) is 22.3. The number of fused-ring (bicyclic) bond motifs is 1.